The molecule has 0 bridgehead atoms. The Balaban J connectivity index is 1.92. The molecule has 3 rings (SSSR count). The van der Waals surface area contributed by atoms with E-state index in [0.29, 0.717) is 17.3 Å². The number of nitrogens with zero attached hydrogens (tertiary/aromatic N) is 3. The first-order chi connectivity index (χ1) is 8.86. The van der Waals surface area contributed by atoms with Crippen molar-refractivity contribution in [2.45, 2.75) is 6.04 Å². The number of rotatable bonds is 2. The summed E-state index contributed by atoms with van der Waals surface area (Å²) in [5.74, 6) is 1.05. The molecule has 18 heavy (non-hydrogen) atoms. The van der Waals surface area contributed by atoms with Gasteiger partial charge in [0.15, 0.2) is 0 Å². The van der Waals surface area contributed by atoms with Crippen LogP contribution in [0, 0.1) is 11.3 Å². The Bertz CT molecular complexity index is 638. The van der Waals surface area contributed by atoms with Gasteiger partial charge in [-0.15, -0.1) is 0 Å². The smallest absolute Gasteiger partial charge is 0.248 e. The molecule has 2 heterocycles. The van der Waals surface area contributed by atoms with Gasteiger partial charge in [-0.3, -0.25) is 5.32 Å². The van der Waals surface area contributed by atoms with Gasteiger partial charge >= 0.3 is 0 Å². The largest absolute Gasteiger partial charge is 0.337 e. The number of nitriles is 1. The van der Waals surface area contributed by atoms with Gasteiger partial charge < -0.3 is 4.52 Å². The Labute approximate surface area is 104 Å². The summed E-state index contributed by atoms with van der Waals surface area (Å²) in [6.45, 7) is 0.812. The van der Waals surface area contributed by atoms with Crippen LogP contribution < -0.4 is 5.32 Å². The van der Waals surface area contributed by atoms with Gasteiger partial charge in [0.25, 0.3) is 0 Å². The maximum Gasteiger partial charge on any atom is 0.248 e. The summed E-state index contributed by atoms with van der Waals surface area (Å²) in [5.41, 5.74) is 1.36. The molecule has 1 aromatic heterocycles. The average molecular weight is 238 g/mol. The third kappa shape index (κ3) is 1.90. The molecule has 0 radical (unpaired) electrons. The normalized spacial score (nSPS) is 17.8. The van der Waals surface area contributed by atoms with E-state index in [1.165, 1.54) is 0 Å². The van der Waals surface area contributed by atoms with Crippen LogP contribution in [0.25, 0.3) is 11.4 Å². The van der Waals surface area contributed by atoms with Crippen LogP contribution in [0.1, 0.15) is 17.5 Å². The summed E-state index contributed by atoms with van der Waals surface area (Å²) >= 11 is 0. The third-order valence-corrected chi connectivity index (χ3v) is 2.74. The van der Waals surface area contributed by atoms with Crippen molar-refractivity contribution in [2.75, 3.05) is 6.54 Å². The van der Waals surface area contributed by atoms with Crippen molar-refractivity contribution in [1.29, 1.82) is 5.26 Å². The maximum atomic E-state index is 8.85. The highest BCUT2D eigenvalue weighted by Gasteiger charge is 2.18. The van der Waals surface area contributed by atoms with Crippen LogP contribution in [-0.2, 0) is 0 Å². The molecule has 0 saturated carbocycles. The Morgan fingerprint density at radius 3 is 3.17 bits per heavy atom. The van der Waals surface area contributed by atoms with E-state index < -0.39 is 0 Å². The van der Waals surface area contributed by atoms with E-state index in [0.717, 1.165) is 12.1 Å². The molecule has 0 aliphatic carbocycles. The molecule has 0 unspecified atom stereocenters. The molecule has 1 aromatic carbocycles. The van der Waals surface area contributed by atoms with Gasteiger partial charge in [-0.1, -0.05) is 29.4 Å². The molecule has 0 amide bonds. The highest BCUT2D eigenvalue weighted by atomic mass is 16.5. The molecule has 0 fully saturated rings. The van der Waals surface area contributed by atoms with E-state index in [-0.39, 0.29) is 6.04 Å². The van der Waals surface area contributed by atoms with Crippen LogP contribution in [0.3, 0.4) is 0 Å². The summed E-state index contributed by atoms with van der Waals surface area (Å²) in [7, 11) is 0. The number of benzene rings is 1. The zero-order chi connectivity index (χ0) is 12.4. The van der Waals surface area contributed by atoms with Crippen molar-refractivity contribution in [3.8, 4) is 17.5 Å². The molecular formula is C13H10N4O. The number of hydrogen-bond acceptors (Lipinski definition) is 5. The van der Waals surface area contributed by atoms with Gasteiger partial charge in [-0.05, 0) is 12.1 Å². The van der Waals surface area contributed by atoms with E-state index in [1.807, 2.05) is 18.2 Å². The fourth-order valence-corrected chi connectivity index (χ4v) is 1.84. The Morgan fingerprint density at radius 1 is 1.44 bits per heavy atom. The Hall–Kier alpha value is -2.45. The fourth-order valence-electron chi connectivity index (χ4n) is 1.84. The number of hydrogen-bond donors (Lipinski definition) is 1. The van der Waals surface area contributed by atoms with E-state index in [4.69, 9.17) is 9.78 Å². The zero-order valence-corrected chi connectivity index (χ0v) is 9.50. The molecule has 1 aliphatic heterocycles. The third-order valence-electron chi connectivity index (χ3n) is 2.74. The van der Waals surface area contributed by atoms with Gasteiger partial charge in [-0.25, -0.2) is 0 Å². The van der Waals surface area contributed by atoms with Gasteiger partial charge in [0.2, 0.25) is 11.7 Å². The minimum Gasteiger partial charge on any atom is -0.337 e. The molecule has 5 heteroatoms. The van der Waals surface area contributed by atoms with E-state index >= 15 is 0 Å². The summed E-state index contributed by atoms with van der Waals surface area (Å²) < 4.78 is 5.22. The van der Waals surface area contributed by atoms with Gasteiger partial charge in [0.05, 0.1) is 11.6 Å². The van der Waals surface area contributed by atoms with E-state index in [1.54, 1.807) is 18.2 Å². The molecule has 0 spiro atoms. The predicted molar refractivity (Wildman–Crippen MR) is 64.3 cm³/mol. The maximum absolute atomic E-state index is 8.85. The van der Waals surface area contributed by atoms with Gasteiger partial charge in [0.1, 0.15) is 6.04 Å². The second-order valence-corrected chi connectivity index (χ2v) is 3.96. The quantitative estimate of drug-likeness (QED) is 0.807. The molecule has 1 aliphatic rings. The Morgan fingerprint density at radius 2 is 2.39 bits per heavy atom. The van der Waals surface area contributed by atoms with E-state index in [2.05, 4.69) is 21.5 Å². The first-order valence-corrected chi connectivity index (χ1v) is 5.61. The van der Waals surface area contributed by atoms with Crippen LogP contribution in [0.15, 0.2) is 40.9 Å². The van der Waals surface area contributed by atoms with Crippen LogP contribution in [0.2, 0.25) is 0 Å². The lowest BCUT2D eigenvalue weighted by Gasteiger charge is -2.00. The molecule has 1 atom stereocenters. The predicted octanol–water partition coefficient (Wildman–Crippen LogP) is 1.81. The second-order valence-electron chi connectivity index (χ2n) is 3.96. The summed E-state index contributed by atoms with van der Waals surface area (Å²) in [5, 5.41) is 16.0. The lowest BCUT2D eigenvalue weighted by Crippen LogP contribution is -2.13. The highest BCUT2D eigenvalue weighted by molar-refractivity contribution is 5.57. The molecule has 0 saturated heterocycles. The zero-order valence-electron chi connectivity index (χ0n) is 9.50. The lowest BCUT2D eigenvalue weighted by molar-refractivity contribution is 0.359. The van der Waals surface area contributed by atoms with Crippen molar-refractivity contribution >= 4 is 0 Å². The standard InChI is InChI=1S/C13H10N4O/c14-8-9-3-1-4-10(7-9)12-16-13(18-17-12)11-5-2-6-15-11/h1-5,7,11,15H,6H2/t11-/m0/s1. The van der Waals surface area contributed by atoms with Crippen molar-refractivity contribution in [3.63, 3.8) is 0 Å². The van der Waals surface area contributed by atoms with Crippen LogP contribution in [-0.4, -0.2) is 16.7 Å². The molecule has 5 nitrogen and oxygen atoms in total. The SMILES string of the molecule is N#Cc1cccc(-c2noc([C@@H]3C=CCN3)n2)c1. The van der Waals surface area contributed by atoms with Crippen molar-refractivity contribution < 1.29 is 4.52 Å². The summed E-state index contributed by atoms with van der Waals surface area (Å²) in [6, 6.07) is 9.22. The Kier molecular flexibility index (Phi) is 2.63. The molecule has 88 valence electrons. The summed E-state index contributed by atoms with van der Waals surface area (Å²) in [6.07, 6.45) is 4.01. The van der Waals surface area contributed by atoms with Crippen molar-refractivity contribution in [3.05, 3.63) is 47.9 Å². The van der Waals surface area contributed by atoms with Gasteiger partial charge in [0, 0.05) is 12.1 Å². The number of nitrogens with one attached hydrogen (secondary N) is 1. The lowest BCUT2D eigenvalue weighted by atomic mass is 10.1. The van der Waals surface area contributed by atoms with Crippen LogP contribution >= 0.6 is 0 Å². The summed E-state index contributed by atoms with van der Waals surface area (Å²) in [4.78, 5) is 4.34. The van der Waals surface area contributed by atoms with Crippen LogP contribution in [0.4, 0.5) is 0 Å². The molecule has 2 aromatic rings. The van der Waals surface area contributed by atoms with E-state index in [9.17, 15) is 0 Å². The van der Waals surface area contributed by atoms with Crippen LogP contribution in [0.5, 0.6) is 0 Å². The highest BCUT2D eigenvalue weighted by Crippen LogP contribution is 2.21. The minimum absolute atomic E-state index is 0.00889. The first-order valence-electron chi connectivity index (χ1n) is 5.61. The molecular weight excluding hydrogens is 228 g/mol. The monoisotopic (exact) mass is 238 g/mol. The minimum atomic E-state index is -0.00889. The average Bonchev–Trinajstić information content (AvgIpc) is 3.09. The molecule has 1 N–H and O–H groups in total. The second kappa shape index (κ2) is 4.43. The topological polar surface area (TPSA) is 74.7 Å². The number of aromatic nitrogens is 2. The first kappa shape index (κ1) is 10.7. The van der Waals surface area contributed by atoms with Crippen molar-refractivity contribution in [1.82, 2.24) is 15.5 Å². The van der Waals surface area contributed by atoms with Gasteiger partial charge in [-0.2, -0.15) is 10.2 Å². The van der Waals surface area contributed by atoms with Crippen molar-refractivity contribution in [2.24, 2.45) is 0 Å². The fraction of sp³-hybridized carbons (Fsp3) is 0.154.